The third-order valence-electron chi connectivity index (χ3n) is 6.35. The van der Waals surface area contributed by atoms with E-state index in [0.29, 0.717) is 23.1 Å². The van der Waals surface area contributed by atoms with Gasteiger partial charge in [0, 0.05) is 17.0 Å². The number of benzene rings is 2. The highest BCUT2D eigenvalue weighted by Gasteiger charge is 2.36. The van der Waals surface area contributed by atoms with Crippen LogP contribution in [0.3, 0.4) is 0 Å². The number of carbonyl (C=O) groups excluding carboxylic acids is 1. The van der Waals surface area contributed by atoms with Gasteiger partial charge >= 0.3 is 6.18 Å². The summed E-state index contributed by atoms with van der Waals surface area (Å²) in [6, 6.07) is 6.11. The van der Waals surface area contributed by atoms with E-state index < -0.39 is 35.5 Å². The topological polar surface area (TPSA) is 77.7 Å². The van der Waals surface area contributed by atoms with Gasteiger partial charge in [-0.1, -0.05) is 12.1 Å². The second-order valence-electron chi connectivity index (χ2n) is 8.53. The molecule has 0 radical (unpaired) electrons. The lowest BCUT2D eigenvalue weighted by atomic mass is 9.98. The molecule has 2 aliphatic heterocycles. The van der Waals surface area contributed by atoms with Crippen LogP contribution in [0.25, 0.3) is 10.9 Å². The van der Waals surface area contributed by atoms with Gasteiger partial charge in [0.25, 0.3) is 5.91 Å². The first-order valence-corrected chi connectivity index (χ1v) is 10.7. The quantitative estimate of drug-likeness (QED) is 0.548. The van der Waals surface area contributed by atoms with Gasteiger partial charge in [0.1, 0.15) is 11.6 Å². The van der Waals surface area contributed by atoms with Crippen molar-refractivity contribution in [2.75, 3.05) is 18.9 Å². The number of hydrogen-bond acceptors (Lipinski definition) is 5. The maximum Gasteiger partial charge on any atom is 0.416 e. The van der Waals surface area contributed by atoms with Crippen LogP contribution in [0.5, 0.6) is 0 Å². The van der Waals surface area contributed by atoms with Crippen LogP contribution in [0, 0.1) is 5.82 Å². The highest BCUT2D eigenvalue weighted by molar-refractivity contribution is 6.00. The molecule has 178 valence electrons. The Balaban J connectivity index is 1.55. The van der Waals surface area contributed by atoms with Crippen LogP contribution in [0.15, 0.2) is 36.4 Å². The minimum atomic E-state index is -4.47. The Morgan fingerprint density at radius 2 is 1.79 bits per heavy atom. The number of halogens is 4. The number of alkyl halides is 3. The molecule has 1 amide bonds. The van der Waals surface area contributed by atoms with Crippen molar-refractivity contribution in [2.24, 2.45) is 0 Å². The fraction of sp³-hybridized carbons (Fsp3) is 0.333. The zero-order chi connectivity index (χ0) is 24.2. The number of aromatic nitrogens is 1. The number of nitrogens with two attached hydrogens (primary N) is 1. The second kappa shape index (κ2) is 8.21. The first-order chi connectivity index (χ1) is 16.1. The van der Waals surface area contributed by atoms with E-state index in [1.54, 1.807) is 6.92 Å². The Hall–Kier alpha value is -3.24. The number of anilines is 1. The molecule has 10 heteroatoms. The molecule has 1 saturated heterocycles. The van der Waals surface area contributed by atoms with Gasteiger partial charge in [-0.25, -0.2) is 9.37 Å². The minimum absolute atomic E-state index is 0.0813. The van der Waals surface area contributed by atoms with Crippen LogP contribution in [0.1, 0.15) is 45.6 Å². The predicted molar refractivity (Wildman–Crippen MR) is 115 cm³/mol. The van der Waals surface area contributed by atoms with E-state index in [1.165, 1.54) is 29.2 Å². The summed E-state index contributed by atoms with van der Waals surface area (Å²) in [5, 5.41) is 0.582. The van der Waals surface area contributed by atoms with Gasteiger partial charge in [0.15, 0.2) is 0 Å². The monoisotopic (exact) mass is 475 g/mol. The average molecular weight is 475 g/mol. The summed E-state index contributed by atoms with van der Waals surface area (Å²) >= 11 is 0. The largest absolute Gasteiger partial charge is 0.416 e. The van der Waals surface area contributed by atoms with E-state index in [4.69, 9.17) is 15.2 Å². The molecule has 6 nitrogen and oxygen atoms in total. The summed E-state index contributed by atoms with van der Waals surface area (Å²) < 4.78 is 65.2. The SMILES string of the molecule is C[C@@H]1COC[C@H](c2ccc(C(F)(F)F)cc2)N1C(=O)c1cc2c3c(c(N)nc2cc1F)COC3. The predicted octanol–water partition coefficient (Wildman–Crippen LogP) is 4.61. The van der Waals surface area contributed by atoms with Gasteiger partial charge in [-0.05, 0) is 36.2 Å². The highest BCUT2D eigenvalue weighted by atomic mass is 19.4. The first-order valence-electron chi connectivity index (χ1n) is 10.7. The summed E-state index contributed by atoms with van der Waals surface area (Å²) in [6.45, 7) is 2.62. The van der Waals surface area contributed by atoms with E-state index in [1.807, 2.05) is 0 Å². The zero-order valence-corrected chi connectivity index (χ0v) is 18.2. The Morgan fingerprint density at radius 1 is 1.09 bits per heavy atom. The van der Waals surface area contributed by atoms with Crippen molar-refractivity contribution in [3.8, 4) is 0 Å². The molecule has 0 aliphatic carbocycles. The van der Waals surface area contributed by atoms with Gasteiger partial charge in [0.2, 0.25) is 0 Å². The standard InChI is InChI=1S/C24H21F4N3O3/c1-12-8-33-11-21(13-2-4-14(5-3-13)24(26,27)28)31(12)23(32)16-6-15-17-9-34-10-18(17)22(29)30-20(15)7-19(16)25/h2-7,12,21H,8-11H2,1H3,(H2,29,30)/t12-,21-/m1/s1. The van der Waals surface area contributed by atoms with Gasteiger partial charge in [0.05, 0.1) is 55.2 Å². The van der Waals surface area contributed by atoms with Crippen molar-refractivity contribution in [3.63, 3.8) is 0 Å². The number of fused-ring (bicyclic) bond motifs is 3. The van der Waals surface area contributed by atoms with Crippen molar-refractivity contribution in [3.05, 3.63) is 70.0 Å². The Kier molecular flexibility index (Phi) is 5.44. The van der Waals surface area contributed by atoms with Gasteiger partial charge in [-0.2, -0.15) is 13.2 Å². The van der Waals surface area contributed by atoms with Crippen LogP contribution in [0.4, 0.5) is 23.4 Å². The maximum atomic E-state index is 15.1. The van der Waals surface area contributed by atoms with Gasteiger partial charge in [-0.3, -0.25) is 4.79 Å². The molecule has 0 saturated carbocycles. The Morgan fingerprint density at radius 3 is 2.50 bits per heavy atom. The summed E-state index contributed by atoms with van der Waals surface area (Å²) in [5.41, 5.74) is 7.31. The molecule has 0 bridgehead atoms. The number of ether oxygens (including phenoxy) is 2. The molecule has 2 aliphatic rings. The number of hydrogen-bond donors (Lipinski definition) is 1. The zero-order valence-electron chi connectivity index (χ0n) is 18.2. The molecule has 0 spiro atoms. The molecule has 1 aromatic heterocycles. The van der Waals surface area contributed by atoms with Crippen LogP contribution >= 0.6 is 0 Å². The second-order valence-corrected chi connectivity index (χ2v) is 8.53. The third-order valence-corrected chi connectivity index (χ3v) is 6.35. The number of amides is 1. The van der Waals surface area contributed by atoms with E-state index in [0.717, 1.165) is 23.3 Å². The molecule has 2 aromatic carbocycles. The van der Waals surface area contributed by atoms with Crippen molar-refractivity contribution >= 4 is 22.6 Å². The molecule has 5 rings (SSSR count). The number of carbonyl (C=O) groups is 1. The number of nitrogens with zero attached hydrogens (tertiary/aromatic N) is 2. The van der Waals surface area contributed by atoms with Crippen molar-refractivity contribution in [1.82, 2.24) is 9.88 Å². The summed E-state index contributed by atoms with van der Waals surface area (Å²) in [7, 11) is 0. The lowest BCUT2D eigenvalue weighted by Crippen LogP contribution is -2.49. The van der Waals surface area contributed by atoms with E-state index in [9.17, 15) is 18.0 Å². The molecule has 2 atom stereocenters. The number of nitrogen functional groups attached to an aromatic ring is 1. The van der Waals surface area contributed by atoms with Crippen LogP contribution in [-0.2, 0) is 28.9 Å². The fourth-order valence-electron chi connectivity index (χ4n) is 4.61. The average Bonchev–Trinajstić information content (AvgIpc) is 3.29. The molecule has 34 heavy (non-hydrogen) atoms. The summed E-state index contributed by atoms with van der Waals surface area (Å²) in [4.78, 5) is 19.3. The highest BCUT2D eigenvalue weighted by Crippen LogP contribution is 2.36. The Labute approximate surface area is 192 Å². The van der Waals surface area contributed by atoms with Crippen LogP contribution in [0.2, 0.25) is 0 Å². The Bertz CT molecular complexity index is 1280. The van der Waals surface area contributed by atoms with Crippen LogP contribution < -0.4 is 5.73 Å². The molecule has 1 fully saturated rings. The summed E-state index contributed by atoms with van der Waals surface area (Å²) in [6.07, 6.45) is -4.47. The smallest absolute Gasteiger partial charge is 0.383 e. The van der Waals surface area contributed by atoms with E-state index in [2.05, 4.69) is 4.98 Å². The third kappa shape index (κ3) is 3.76. The van der Waals surface area contributed by atoms with E-state index >= 15 is 4.39 Å². The molecular formula is C24H21F4N3O3. The van der Waals surface area contributed by atoms with Gasteiger partial charge < -0.3 is 20.1 Å². The first kappa shape index (κ1) is 22.5. The van der Waals surface area contributed by atoms with Crippen molar-refractivity contribution in [2.45, 2.75) is 38.4 Å². The normalized spacial score (nSPS) is 20.6. The summed E-state index contributed by atoms with van der Waals surface area (Å²) in [5.74, 6) is -1.07. The van der Waals surface area contributed by atoms with E-state index in [-0.39, 0.29) is 31.2 Å². The lowest BCUT2D eigenvalue weighted by Gasteiger charge is -2.41. The van der Waals surface area contributed by atoms with Crippen LogP contribution in [-0.4, -0.2) is 35.0 Å². The minimum Gasteiger partial charge on any atom is -0.383 e. The molecule has 2 N–H and O–H groups in total. The molecule has 3 heterocycles. The maximum absolute atomic E-state index is 15.1. The van der Waals surface area contributed by atoms with Crippen molar-refractivity contribution in [1.29, 1.82) is 0 Å². The molecule has 3 aromatic rings. The van der Waals surface area contributed by atoms with Crippen molar-refractivity contribution < 1.29 is 31.8 Å². The fourth-order valence-corrected chi connectivity index (χ4v) is 4.61. The lowest BCUT2D eigenvalue weighted by molar-refractivity contribution is -0.137. The number of rotatable bonds is 2. The molecule has 0 unspecified atom stereocenters. The molecular weight excluding hydrogens is 454 g/mol. The number of morpholine rings is 1. The number of pyridine rings is 1. The van der Waals surface area contributed by atoms with Gasteiger partial charge in [-0.15, -0.1) is 0 Å².